The molecule has 2 nitrogen and oxygen atoms in total. The van der Waals surface area contributed by atoms with E-state index in [1.165, 1.54) is 0 Å². The van der Waals surface area contributed by atoms with Crippen LogP contribution in [0.4, 0.5) is 0 Å². The summed E-state index contributed by atoms with van der Waals surface area (Å²) in [7, 11) is 0. The summed E-state index contributed by atoms with van der Waals surface area (Å²) in [5.41, 5.74) is 0. The predicted octanol–water partition coefficient (Wildman–Crippen LogP) is -0.891. The Morgan fingerprint density at radius 2 is 1.20 bits per heavy atom. The third kappa shape index (κ3) is 28.0. The van der Waals surface area contributed by atoms with Crippen molar-refractivity contribution in [1.29, 1.82) is 0 Å². The van der Waals surface area contributed by atoms with Gasteiger partial charge in [0.25, 0.3) is 0 Å². The Hall–Kier alpha value is 1.63. The molecular formula is HLiO2Ti2. The summed E-state index contributed by atoms with van der Waals surface area (Å²) in [6.07, 6.45) is 0. The zero-order chi connectivity index (χ0) is 2.71. The molecule has 0 atom stereocenters. The molecule has 0 unspecified atom stereocenters. The molecule has 0 bridgehead atoms. The van der Waals surface area contributed by atoms with Gasteiger partial charge in [-0.3, -0.25) is 0 Å². The van der Waals surface area contributed by atoms with Gasteiger partial charge in [-0.2, -0.15) is 0 Å². The van der Waals surface area contributed by atoms with E-state index in [2.05, 4.69) is 0 Å². The van der Waals surface area contributed by atoms with Crippen molar-refractivity contribution >= 4 is 18.9 Å². The van der Waals surface area contributed by atoms with Gasteiger partial charge in [-0.15, -0.1) is 0 Å². The smallest absolute Gasteiger partial charge is 0 e. The van der Waals surface area contributed by atoms with Crippen LogP contribution < -0.4 is 0 Å². The fourth-order valence-corrected chi connectivity index (χ4v) is 0. The fraction of sp³-hybridized carbons (Fsp3) is 0. The van der Waals surface area contributed by atoms with E-state index in [9.17, 15) is 0 Å². The molecule has 0 aliphatic heterocycles. The van der Waals surface area contributed by atoms with Gasteiger partial charge in [0.1, 0.15) is 0 Å². The van der Waals surface area contributed by atoms with Crippen molar-refractivity contribution in [3.8, 4) is 0 Å². The van der Waals surface area contributed by atoms with Gasteiger partial charge >= 0.3 is 44.6 Å². The van der Waals surface area contributed by atoms with Gasteiger partial charge in [0, 0.05) is 21.7 Å². The fourth-order valence-electron chi connectivity index (χ4n) is 0. The molecule has 0 amide bonds. The van der Waals surface area contributed by atoms with E-state index in [0.29, 0.717) is 0 Å². The van der Waals surface area contributed by atoms with Crippen molar-refractivity contribution in [3.05, 3.63) is 0 Å². The minimum Gasteiger partial charge on any atom is 0 e. The number of rotatable bonds is 0. The van der Waals surface area contributed by atoms with E-state index < -0.39 is 19.1 Å². The molecule has 0 spiro atoms. The molecule has 0 N–H and O–H groups in total. The van der Waals surface area contributed by atoms with Crippen molar-refractivity contribution in [2.24, 2.45) is 0 Å². The molecule has 5 heteroatoms. The van der Waals surface area contributed by atoms with Crippen LogP contribution in [0.15, 0.2) is 0 Å². The van der Waals surface area contributed by atoms with Gasteiger partial charge in [-0.25, -0.2) is 0 Å². The molecule has 22 valence electrons. The van der Waals surface area contributed by atoms with Crippen molar-refractivity contribution in [1.82, 2.24) is 0 Å². The Balaban J connectivity index is -0.0000000200. The van der Waals surface area contributed by atoms with E-state index >= 15 is 0 Å². The molecule has 0 aliphatic carbocycles. The third-order valence-corrected chi connectivity index (χ3v) is 0. The first-order valence-corrected chi connectivity index (χ1v) is 1.68. The maximum atomic E-state index is 8.50. The zero-order valence-electron chi connectivity index (χ0n) is 1.82. The summed E-state index contributed by atoms with van der Waals surface area (Å²) in [5.74, 6) is 0. The summed E-state index contributed by atoms with van der Waals surface area (Å²) >= 11 is -2.00. The van der Waals surface area contributed by atoms with Crippen molar-refractivity contribution < 1.29 is 47.5 Å². The van der Waals surface area contributed by atoms with E-state index in [1.54, 1.807) is 0 Å². The second kappa shape index (κ2) is 17.5. The van der Waals surface area contributed by atoms with Gasteiger partial charge in [-0.1, -0.05) is 0 Å². The molecule has 0 saturated carbocycles. The van der Waals surface area contributed by atoms with Crippen LogP contribution in [0, 0.1) is 0 Å². The first-order chi connectivity index (χ1) is 1.41. The summed E-state index contributed by atoms with van der Waals surface area (Å²) < 4.78 is 17.0. The van der Waals surface area contributed by atoms with E-state index in [-0.39, 0.29) is 40.6 Å². The van der Waals surface area contributed by atoms with Gasteiger partial charge in [0.2, 0.25) is 0 Å². The molecule has 0 heterocycles. The average molecular weight is 136 g/mol. The van der Waals surface area contributed by atoms with Gasteiger partial charge in [-0.05, 0) is 0 Å². The number of hydrogen-bond acceptors (Lipinski definition) is 2. The monoisotopic (exact) mass is 136 g/mol. The van der Waals surface area contributed by atoms with Crippen LogP contribution in [0.5, 0.6) is 0 Å². The zero-order valence-corrected chi connectivity index (χ0v) is 4.94. The Bertz CT molecular complexity index is 28.6. The van der Waals surface area contributed by atoms with Gasteiger partial charge in [0.05, 0.1) is 0 Å². The second-order valence-electron chi connectivity index (χ2n) is 0.0833. The molecule has 0 aromatic carbocycles. The van der Waals surface area contributed by atoms with Crippen LogP contribution in [-0.2, 0) is 47.5 Å². The molecule has 0 aromatic rings. The van der Waals surface area contributed by atoms with Crippen LogP contribution in [0.25, 0.3) is 0 Å². The summed E-state index contributed by atoms with van der Waals surface area (Å²) in [5, 5.41) is 0. The Kier molecular flexibility index (Phi) is 55.7. The van der Waals surface area contributed by atoms with Crippen LogP contribution in [0.2, 0.25) is 0 Å². The Labute approximate surface area is 65.7 Å². The maximum Gasteiger partial charge on any atom is 0 e. The SMILES string of the molecule is [LiH].[O]=[Ti]=[O].[Ti]. The first kappa shape index (κ1) is 16.0. The molecule has 0 rings (SSSR count). The summed E-state index contributed by atoms with van der Waals surface area (Å²) in [4.78, 5) is 0. The van der Waals surface area contributed by atoms with Crippen molar-refractivity contribution in [2.75, 3.05) is 0 Å². The second-order valence-corrected chi connectivity index (χ2v) is 0.344. The Morgan fingerprint density at radius 3 is 1.20 bits per heavy atom. The Morgan fingerprint density at radius 1 is 1.20 bits per heavy atom. The van der Waals surface area contributed by atoms with E-state index in [4.69, 9.17) is 6.65 Å². The first-order valence-electron chi connectivity index (χ1n) is 0.408. The third-order valence-electron chi connectivity index (χ3n) is 0. The van der Waals surface area contributed by atoms with Gasteiger partial charge in [0.15, 0.2) is 0 Å². The topological polar surface area (TPSA) is 34.1 Å². The maximum absolute atomic E-state index is 8.50. The molecule has 0 fully saturated rings. The van der Waals surface area contributed by atoms with E-state index in [0.717, 1.165) is 0 Å². The molecular weight excluding hydrogens is 135 g/mol. The van der Waals surface area contributed by atoms with Crippen LogP contribution >= 0.6 is 0 Å². The van der Waals surface area contributed by atoms with Crippen molar-refractivity contribution in [2.45, 2.75) is 0 Å². The predicted molar refractivity (Wildman–Crippen MR) is 8.52 cm³/mol. The van der Waals surface area contributed by atoms with Crippen LogP contribution in [0.3, 0.4) is 0 Å². The minimum atomic E-state index is -2.00. The molecule has 5 heavy (non-hydrogen) atoms. The summed E-state index contributed by atoms with van der Waals surface area (Å²) in [6, 6.07) is 0. The van der Waals surface area contributed by atoms with Crippen LogP contribution in [-0.4, -0.2) is 18.9 Å². The summed E-state index contributed by atoms with van der Waals surface area (Å²) in [6.45, 7) is 0. The molecule has 0 aromatic heterocycles. The standard InChI is InChI=1S/Li.2O.2Ti.H. The number of hydrogen-bond donors (Lipinski definition) is 0. The quantitative estimate of drug-likeness (QED) is 0.404. The molecule has 0 radical (unpaired) electrons. The minimum absolute atomic E-state index is 0. The average Bonchev–Trinajstić information content (AvgIpc) is 0.918. The van der Waals surface area contributed by atoms with Crippen molar-refractivity contribution in [3.63, 3.8) is 0 Å². The van der Waals surface area contributed by atoms with E-state index in [1.807, 2.05) is 0 Å². The van der Waals surface area contributed by atoms with Crippen LogP contribution in [0.1, 0.15) is 0 Å². The molecule has 0 saturated heterocycles. The largest absolute Gasteiger partial charge is 0 e. The molecule has 0 aliphatic rings. The van der Waals surface area contributed by atoms with Gasteiger partial charge < -0.3 is 0 Å². The normalized spacial score (nSPS) is 1.60.